The van der Waals surface area contributed by atoms with Gasteiger partial charge in [-0.05, 0) is 37.7 Å². The average molecular weight is 256 g/mol. The van der Waals surface area contributed by atoms with Gasteiger partial charge in [-0.1, -0.05) is 6.92 Å². The summed E-state index contributed by atoms with van der Waals surface area (Å²) < 4.78 is 35.8. The van der Waals surface area contributed by atoms with E-state index in [2.05, 4.69) is 10.2 Å². The minimum Gasteiger partial charge on any atom is -0.313 e. The van der Waals surface area contributed by atoms with Crippen molar-refractivity contribution in [2.75, 3.05) is 31.9 Å². The van der Waals surface area contributed by atoms with Gasteiger partial charge in [-0.15, -0.1) is 0 Å². The number of nitrogens with zero attached hydrogens (tertiary/aromatic N) is 1. The van der Waals surface area contributed by atoms with Crippen LogP contribution in [-0.2, 0) is 0 Å². The lowest BCUT2D eigenvalue weighted by molar-refractivity contribution is -0.0328. The van der Waals surface area contributed by atoms with Crippen LogP contribution in [-0.4, -0.2) is 48.4 Å². The number of nitrogens with one attached hydrogen (secondary N) is 1. The molecule has 0 saturated carbocycles. The van der Waals surface area contributed by atoms with Crippen molar-refractivity contribution in [1.82, 2.24) is 10.2 Å². The Morgan fingerprint density at radius 3 is 2.69 bits per heavy atom. The zero-order valence-corrected chi connectivity index (χ0v) is 10.3. The molecule has 16 heavy (non-hydrogen) atoms. The highest BCUT2D eigenvalue weighted by molar-refractivity contribution is 8.00. The number of halogens is 3. The van der Waals surface area contributed by atoms with E-state index in [0.717, 1.165) is 26.1 Å². The molecule has 1 saturated heterocycles. The lowest BCUT2D eigenvalue weighted by atomic mass is 10.2. The number of hydrogen-bond donors (Lipinski definition) is 1. The summed E-state index contributed by atoms with van der Waals surface area (Å²) in [5.41, 5.74) is -4.09. The maximum absolute atomic E-state index is 11.9. The van der Waals surface area contributed by atoms with Gasteiger partial charge in [0.1, 0.15) is 0 Å². The van der Waals surface area contributed by atoms with Crippen LogP contribution in [0.4, 0.5) is 13.2 Å². The van der Waals surface area contributed by atoms with Crippen LogP contribution in [0.3, 0.4) is 0 Å². The molecule has 0 aromatic rings. The topological polar surface area (TPSA) is 15.3 Å². The predicted molar refractivity (Wildman–Crippen MR) is 61.7 cm³/mol. The number of thioether (sulfide) groups is 1. The van der Waals surface area contributed by atoms with Crippen molar-refractivity contribution in [2.45, 2.75) is 31.3 Å². The molecule has 1 rings (SSSR count). The second-order valence-electron chi connectivity index (χ2n) is 3.98. The van der Waals surface area contributed by atoms with Crippen LogP contribution in [0.15, 0.2) is 0 Å². The summed E-state index contributed by atoms with van der Waals surface area (Å²) in [7, 11) is 0. The molecule has 2 nitrogen and oxygen atoms in total. The summed E-state index contributed by atoms with van der Waals surface area (Å²) in [6.45, 7) is 5.23. The normalized spacial score (nSPS) is 21.9. The molecule has 1 fully saturated rings. The molecule has 0 radical (unpaired) electrons. The summed E-state index contributed by atoms with van der Waals surface area (Å²) in [5.74, 6) is 0.129. The molecule has 0 bridgehead atoms. The van der Waals surface area contributed by atoms with E-state index in [1.807, 2.05) is 6.92 Å². The maximum Gasteiger partial charge on any atom is 0.441 e. The van der Waals surface area contributed by atoms with E-state index in [1.54, 1.807) is 0 Å². The lowest BCUT2D eigenvalue weighted by Crippen LogP contribution is -2.38. The van der Waals surface area contributed by atoms with Gasteiger partial charge in [0, 0.05) is 24.9 Å². The molecular weight excluding hydrogens is 237 g/mol. The van der Waals surface area contributed by atoms with Crippen molar-refractivity contribution >= 4 is 11.8 Å². The third-order valence-corrected chi connectivity index (χ3v) is 3.48. The molecule has 1 atom stereocenters. The zero-order chi connectivity index (χ0) is 12.0. The molecule has 1 N–H and O–H groups in total. The highest BCUT2D eigenvalue weighted by atomic mass is 32.2. The minimum atomic E-state index is -4.09. The number of rotatable bonds is 6. The van der Waals surface area contributed by atoms with Gasteiger partial charge in [0.2, 0.25) is 0 Å². The average Bonchev–Trinajstić information content (AvgIpc) is 2.67. The van der Waals surface area contributed by atoms with E-state index in [1.165, 1.54) is 6.42 Å². The fourth-order valence-corrected chi connectivity index (χ4v) is 2.47. The first-order valence-electron chi connectivity index (χ1n) is 5.67. The Kier molecular flexibility index (Phi) is 5.92. The van der Waals surface area contributed by atoms with E-state index < -0.39 is 5.51 Å². The van der Waals surface area contributed by atoms with Gasteiger partial charge in [0.25, 0.3) is 0 Å². The maximum atomic E-state index is 11.9. The van der Waals surface area contributed by atoms with Gasteiger partial charge in [-0.25, -0.2) is 0 Å². The monoisotopic (exact) mass is 256 g/mol. The first kappa shape index (κ1) is 14.1. The van der Waals surface area contributed by atoms with E-state index >= 15 is 0 Å². The standard InChI is InChI=1S/C10H19F3N2S/c1-2-15(6-7-16-10(11,12)13)8-9-4-3-5-14-9/h9,14H,2-8H2,1H3. The van der Waals surface area contributed by atoms with E-state index in [-0.39, 0.29) is 17.5 Å². The van der Waals surface area contributed by atoms with Crippen molar-refractivity contribution in [2.24, 2.45) is 0 Å². The van der Waals surface area contributed by atoms with Crippen molar-refractivity contribution < 1.29 is 13.2 Å². The second-order valence-corrected chi connectivity index (χ2v) is 5.14. The summed E-state index contributed by atoms with van der Waals surface area (Å²) in [5, 5.41) is 3.36. The largest absolute Gasteiger partial charge is 0.441 e. The molecule has 1 heterocycles. The molecule has 96 valence electrons. The van der Waals surface area contributed by atoms with Crippen LogP contribution in [0.25, 0.3) is 0 Å². The van der Waals surface area contributed by atoms with Crippen LogP contribution in [0.5, 0.6) is 0 Å². The highest BCUT2D eigenvalue weighted by Gasteiger charge is 2.28. The van der Waals surface area contributed by atoms with Crippen LogP contribution >= 0.6 is 11.8 Å². The van der Waals surface area contributed by atoms with E-state index in [0.29, 0.717) is 12.6 Å². The Morgan fingerprint density at radius 2 is 2.19 bits per heavy atom. The molecule has 0 aromatic carbocycles. The molecule has 1 aliphatic rings. The summed E-state index contributed by atoms with van der Waals surface area (Å²) in [6.07, 6.45) is 2.32. The smallest absolute Gasteiger partial charge is 0.313 e. The first-order valence-corrected chi connectivity index (χ1v) is 6.66. The van der Waals surface area contributed by atoms with Gasteiger partial charge < -0.3 is 10.2 Å². The van der Waals surface area contributed by atoms with Crippen LogP contribution < -0.4 is 5.32 Å². The highest BCUT2D eigenvalue weighted by Crippen LogP contribution is 2.29. The van der Waals surface area contributed by atoms with Crippen LogP contribution in [0, 0.1) is 0 Å². The summed E-state index contributed by atoms with van der Waals surface area (Å²) in [6, 6.07) is 0.468. The number of alkyl halides is 3. The fraction of sp³-hybridized carbons (Fsp3) is 1.00. The Bertz CT molecular complexity index is 193. The van der Waals surface area contributed by atoms with Gasteiger partial charge in [-0.3, -0.25) is 0 Å². The Labute approximate surface area is 98.9 Å². The Hall–Kier alpha value is 0.0600. The number of hydrogen-bond acceptors (Lipinski definition) is 3. The molecule has 6 heteroatoms. The minimum absolute atomic E-state index is 0.0731. The summed E-state index contributed by atoms with van der Waals surface area (Å²) >= 11 is 0.0731. The Balaban J connectivity index is 2.15. The quantitative estimate of drug-likeness (QED) is 0.785. The Morgan fingerprint density at radius 1 is 1.44 bits per heavy atom. The third kappa shape index (κ3) is 5.96. The van der Waals surface area contributed by atoms with E-state index in [9.17, 15) is 13.2 Å². The molecule has 1 unspecified atom stereocenters. The molecule has 0 aliphatic carbocycles. The first-order chi connectivity index (χ1) is 7.51. The lowest BCUT2D eigenvalue weighted by Gasteiger charge is -2.24. The van der Waals surface area contributed by atoms with Crippen LogP contribution in [0.1, 0.15) is 19.8 Å². The fourth-order valence-electron chi connectivity index (χ4n) is 1.89. The molecule has 1 aliphatic heterocycles. The number of likely N-dealkylation sites (N-methyl/N-ethyl adjacent to an activating group) is 1. The molecule has 0 spiro atoms. The zero-order valence-electron chi connectivity index (χ0n) is 9.52. The van der Waals surface area contributed by atoms with E-state index in [4.69, 9.17) is 0 Å². The third-order valence-electron chi connectivity index (χ3n) is 2.76. The van der Waals surface area contributed by atoms with Crippen molar-refractivity contribution in [3.63, 3.8) is 0 Å². The van der Waals surface area contributed by atoms with Crippen molar-refractivity contribution in [3.8, 4) is 0 Å². The summed E-state index contributed by atoms with van der Waals surface area (Å²) in [4.78, 5) is 2.09. The van der Waals surface area contributed by atoms with Crippen molar-refractivity contribution in [3.05, 3.63) is 0 Å². The van der Waals surface area contributed by atoms with Gasteiger partial charge in [-0.2, -0.15) is 13.2 Å². The second kappa shape index (κ2) is 6.71. The van der Waals surface area contributed by atoms with Crippen molar-refractivity contribution in [1.29, 1.82) is 0 Å². The van der Waals surface area contributed by atoms with Crippen LogP contribution in [0.2, 0.25) is 0 Å². The van der Waals surface area contributed by atoms with Gasteiger partial charge >= 0.3 is 5.51 Å². The van der Waals surface area contributed by atoms with Gasteiger partial charge in [0.05, 0.1) is 0 Å². The molecule has 0 aromatic heterocycles. The molecular formula is C10H19F3N2S. The SMILES string of the molecule is CCN(CCSC(F)(F)F)CC1CCCN1. The van der Waals surface area contributed by atoms with Gasteiger partial charge in [0.15, 0.2) is 0 Å². The molecule has 0 amide bonds. The predicted octanol–water partition coefficient (Wildman–Crippen LogP) is 2.31.